The van der Waals surface area contributed by atoms with Crippen LogP contribution in [-0.2, 0) is 27.2 Å². The van der Waals surface area contributed by atoms with E-state index in [1.165, 1.54) is 12.8 Å². The fourth-order valence-electron chi connectivity index (χ4n) is 0.995. The van der Waals surface area contributed by atoms with Crippen LogP contribution in [0.3, 0.4) is 0 Å². The van der Waals surface area contributed by atoms with Crippen molar-refractivity contribution in [2.75, 3.05) is 0 Å². The SMILES string of the molecule is CCCCCCC(C)C(=O)[O-].[Ag+]. The van der Waals surface area contributed by atoms with Gasteiger partial charge in [-0.3, -0.25) is 0 Å². The van der Waals surface area contributed by atoms with Crippen LogP contribution in [0.15, 0.2) is 0 Å². The van der Waals surface area contributed by atoms with E-state index in [4.69, 9.17) is 0 Å². The Morgan fingerprint density at radius 3 is 2.33 bits per heavy atom. The Morgan fingerprint density at radius 1 is 1.33 bits per heavy atom. The Kier molecular flexibility index (Phi) is 11.4. The maximum atomic E-state index is 10.3. The summed E-state index contributed by atoms with van der Waals surface area (Å²) in [6.45, 7) is 3.85. The third-order valence-corrected chi connectivity index (χ3v) is 1.89. The van der Waals surface area contributed by atoms with Crippen molar-refractivity contribution in [3.63, 3.8) is 0 Å². The van der Waals surface area contributed by atoms with Gasteiger partial charge in [0, 0.05) is 5.97 Å². The molecule has 0 fully saturated rings. The molecule has 0 saturated heterocycles. The maximum absolute atomic E-state index is 10.3. The summed E-state index contributed by atoms with van der Waals surface area (Å²) in [5, 5.41) is 10.3. The minimum Gasteiger partial charge on any atom is -0.550 e. The van der Waals surface area contributed by atoms with Crippen molar-refractivity contribution in [3.8, 4) is 0 Å². The molecule has 0 aromatic heterocycles. The van der Waals surface area contributed by atoms with Crippen LogP contribution in [0.2, 0.25) is 0 Å². The van der Waals surface area contributed by atoms with E-state index in [-0.39, 0.29) is 28.3 Å². The van der Waals surface area contributed by atoms with Gasteiger partial charge in [0.05, 0.1) is 0 Å². The molecule has 0 spiro atoms. The third kappa shape index (κ3) is 8.31. The molecule has 0 aliphatic heterocycles. The first-order chi connectivity index (χ1) is 5.18. The van der Waals surface area contributed by atoms with Crippen LogP contribution in [0.4, 0.5) is 0 Å². The summed E-state index contributed by atoms with van der Waals surface area (Å²) in [5.74, 6) is -1.19. The second kappa shape index (κ2) is 9.30. The normalized spacial score (nSPS) is 11.8. The van der Waals surface area contributed by atoms with E-state index in [0.717, 1.165) is 19.3 Å². The molecular weight excluding hydrogens is 248 g/mol. The number of unbranched alkanes of at least 4 members (excludes halogenated alkanes) is 3. The molecule has 0 heterocycles. The quantitative estimate of drug-likeness (QED) is 0.537. The van der Waals surface area contributed by atoms with Gasteiger partial charge in [-0.15, -0.1) is 0 Å². The van der Waals surface area contributed by atoms with Gasteiger partial charge in [0.1, 0.15) is 0 Å². The molecule has 0 bridgehead atoms. The smallest absolute Gasteiger partial charge is 0.550 e. The molecule has 0 rings (SSSR count). The Hall–Kier alpha value is 0.210. The Morgan fingerprint density at radius 2 is 1.92 bits per heavy atom. The van der Waals surface area contributed by atoms with Crippen LogP contribution in [-0.4, -0.2) is 5.97 Å². The monoisotopic (exact) mass is 264 g/mol. The van der Waals surface area contributed by atoms with Crippen molar-refractivity contribution in [1.29, 1.82) is 0 Å². The minimum atomic E-state index is -0.915. The van der Waals surface area contributed by atoms with Gasteiger partial charge in [0.2, 0.25) is 0 Å². The number of carbonyl (C=O) groups is 1. The average Bonchev–Trinajstić information content (AvgIpc) is 1.97. The molecule has 0 radical (unpaired) electrons. The van der Waals surface area contributed by atoms with E-state index in [1.54, 1.807) is 6.92 Å². The van der Waals surface area contributed by atoms with Crippen molar-refractivity contribution >= 4 is 5.97 Å². The molecule has 2 nitrogen and oxygen atoms in total. The maximum Gasteiger partial charge on any atom is 1.00 e. The van der Waals surface area contributed by atoms with E-state index in [1.807, 2.05) is 0 Å². The number of hydrogen-bond acceptors (Lipinski definition) is 2. The molecule has 0 aromatic carbocycles. The van der Waals surface area contributed by atoms with Gasteiger partial charge in [0.15, 0.2) is 0 Å². The average molecular weight is 265 g/mol. The van der Waals surface area contributed by atoms with Crippen LogP contribution >= 0.6 is 0 Å². The molecule has 0 aromatic rings. The van der Waals surface area contributed by atoms with Gasteiger partial charge in [-0.25, -0.2) is 0 Å². The Balaban J connectivity index is 0. The fraction of sp³-hybridized carbons (Fsp3) is 0.889. The van der Waals surface area contributed by atoms with E-state index >= 15 is 0 Å². The zero-order valence-electron chi connectivity index (χ0n) is 7.73. The summed E-state index contributed by atoms with van der Waals surface area (Å²) in [6, 6.07) is 0. The van der Waals surface area contributed by atoms with Gasteiger partial charge in [-0.2, -0.15) is 0 Å². The van der Waals surface area contributed by atoms with Crippen molar-refractivity contribution in [2.45, 2.75) is 46.0 Å². The number of aliphatic carboxylic acids is 1. The molecule has 1 unspecified atom stereocenters. The van der Waals surface area contributed by atoms with Crippen LogP contribution in [0.1, 0.15) is 46.0 Å². The van der Waals surface area contributed by atoms with Crippen LogP contribution in [0.25, 0.3) is 0 Å². The number of rotatable bonds is 6. The summed E-state index contributed by atoms with van der Waals surface area (Å²) in [4.78, 5) is 10.3. The van der Waals surface area contributed by atoms with Gasteiger partial charge in [-0.05, 0) is 12.3 Å². The molecule has 76 valence electrons. The Bertz CT molecular complexity index is 115. The zero-order valence-corrected chi connectivity index (χ0v) is 9.21. The summed E-state index contributed by atoms with van der Waals surface area (Å²) < 4.78 is 0. The van der Waals surface area contributed by atoms with Gasteiger partial charge < -0.3 is 9.90 Å². The number of carbonyl (C=O) groups excluding carboxylic acids is 1. The van der Waals surface area contributed by atoms with E-state index in [0.29, 0.717) is 0 Å². The first-order valence-electron chi connectivity index (χ1n) is 4.39. The third-order valence-electron chi connectivity index (χ3n) is 1.89. The molecule has 0 saturated carbocycles. The first kappa shape index (κ1) is 14.7. The van der Waals surface area contributed by atoms with Crippen LogP contribution in [0.5, 0.6) is 0 Å². The summed E-state index contributed by atoms with van der Waals surface area (Å²) >= 11 is 0. The van der Waals surface area contributed by atoms with Crippen LogP contribution < -0.4 is 5.11 Å². The topological polar surface area (TPSA) is 40.1 Å². The second-order valence-corrected chi connectivity index (χ2v) is 3.07. The van der Waals surface area contributed by atoms with E-state index in [9.17, 15) is 9.90 Å². The number of carboxylic acid groups (broad SMARTS) is 1. The van der Waals surface area contributed by atoms with E-state index in [2.05, 4.69) is 6.92 Å². The predicted octanol–water partition coefficient (Wildman–Crippen LogP) is 1.34. The summed E-state index contributed by atoms with van der Waals surface area (Å²) in [6.07, 6.45) is 5.33. The zero-order chi connectivity index (χ0) is 8.69. The first-order valence-corrected chi connectivity index (χ1v) is 4.39. The number of hydrogen-bond donors (Lipinski definition) is 0. The molecular formula is C9H17AgO2. The van der Waals surface area contributed by atoms with E-state index < -0.39 is 5.97 Å². The molecule has 0 amide bonds. The van der Waals surface area contributed by atoms with Crippen LogP contribution in [0, 0.1) is 5.92 Å². The molecule has 12 heavy (non-hydrogen) atoms. The molecule has 0 aliphatic carbocycles. The van der Waals surface area contributed by atoms with Crippen molar-refractivity contribution in [2.24, 2.45) is 5.92 Å². The standard InChI is InChI=1S/C9H18O2.Ag/c1-3-4-5-6-7-8(2)9(10)11;/h8H,3-7H2,1-2H3,(H,10,11);/q;+1/p-1. The van der Waals surface area contributed by atoms with Crippen molar-refractivity contribution in [3.05, 3.63) is 0 Å². The van der Waals surface area contributed by atoms with Gasteiger partial charge in [-0.1, -0.05) is 39.5 Å². The fourth-order valence-corrected chi connectivity index (χ4v) is 0.995. The van der Waals surface area contributed by atoms with Crippen molar-refractivity contribution in [1.82, 2.24) is 0 Å². The van der Waals surface area contributed by atoms with Gasteiger partial charge >= 0.3 is 22.4 Å². The summed E-state index contributed by atoms with van der Waals surface area (Å²) in [5.41, 5.74) is 0. The largest absolute Gasteiger partial charge is 1.00 e. The van der Waals surface area contributed by atoms with Crippen molar-refractivity contribution < 1.29 is 32.3 Å². The predicted molar refractivity (Wildman–Crippen MR) is 42.9 cm³/mol. The molecule has 3 heteroatoms. The Labute approximate surface area is 90.2 Å². The molecule has 1 atom stereocenters. The molecule has 0 N–H and O–H groups in total. The minimum absolute atomic E-state index is 0. The number of carboxylic acids is 1. The van der Waals surface area contributed by atoms with Gasteiger partial charge in [0.25, 0.3) is 0 Å². The second-order valence-electron chi connectivity index (χ2n) is 3.07. The summed E-state index contributed by atoms with van der Waals surface area (Å²) in [7, 11) is 0. The molecule has 0 aliphatic rings.